The quantitative estimate of drug-likeness (QED) is 0.850. The lowest BCUT2D eigenvalue weighted by molar-refractivity contribution is -0.144. The van der Waals surface area contributed by atoms with Gasteiger partial charge in [-0.3, -0.25) is 9.69 Å². The van der Waals surface area contributed by atoms with Gasteiger partial charge in [0.15, 0.2) is 9.84 Å². The first-order chi connectivity index (χ1) is 10.4. The Balaban J connectivity index is 1.86. The summed E-state index contributed by atoms with van der Waals surface area (Å²) in [5, 5.41) is 9.19. The van der Waals surface area contributed by atoms with E-state index in [1.807, 2.05) is 4.90 Å². The second-order valence-corrected chi connectivity index (χ2v) is 7.49. The zero-order valence-electron chi connectivity index (χ0n) is 12.6. The molecule has 1 aliphatic rings. The molecule has 0 aromatic heterocycles. The summed E-state index contributed by atoms with van der Waals surface area (Å²) in [6.45, 7) is 1.69. The third-order valence-corrected chi connectivity index (χ3v) is 4.93. The number of aliphatic carboxylic acids is 1. The smallest absolute Gasteiger partial charge is 0.320 e. The normalized spacial score (nSPS) is 19.8. The minimum absolute atomic E-state index is 0.252. The van der Waals surface area contributed by atoms with Crippen LogP contribution in [0, 0.1) is 0 Å². The second kappa shape index (κ2) is 7.11. The fraction of sp³-hybridized carbons (Fsp3) is 0.533. The Morgan fingerprint density at radius 2 is 2.00 bits per heavy atom. The van der Waals surface area contributed by atoms with Crippen molar-refractivity contribution in [1.29, 1.82) is 0 Å². The van der Waals surface area contributed by atoms with Crippen molar-refractivity contribution in [2.75, 3.05) is 26.0 Å². The van der Waals surface area contributed by atoms with Gasteiger partial charge in [-0.05, 0) is 43.7 Å². The van der Waals surface area contributed by atoms with Gasteiger partial charge in [-0.1, -0.05) is 6.42 Å². The van der Waals surface area contributed by atoms with Gasteiger partial charge < -0.3 is 9.84 Å². The van der Waals surface area contributed by atoms with Gasteiger partial charge in [-0.2, -0.15) is 0 Å². The van der Waals surface area contributed by atoms with Crippen LogP contribution in [0.4, 0.5) is 0 Å². The number of hydrogen-bond donors (Lipinski definition) is 1. The Morgan fingerprint density at radius 3 is 2.59 bits per heavy atom. The van der Waals surface area contributed by atoms with Crippen molar-refractivity contribution in [2.24, 2.45) is 0 Å². The van der Waals surface area contributed by atoms with Crippen molar-refractivity contribution in [3.05, 3.63) is 24.3 Å². The number of carboxylic acids is 1. The molecule has 122 valence electrons. The highest BCUT2D eigenvalue weighted by Gasteiger charge is 2.27. The number of carbonyl (C=O) groups is 1. The van der Waals surface area contributed by atoms with Crippen molar-refractivity contribution >= 4 is 15.8 Å². The number of sulfone groups is 1. The van der Waals surface area contributed by atoms with Gasteiger partial charge in [0.05, 0.1) is 4.90 Å². The minimum atomic E-state index is -3.20. The maximum atomic E-state index is 11.4. The maximum absolute atomic E-state index is 11.4. The van der Waals surface area contributed by atoms with Crippen molar-refractivity contribution < 1.29 is 23.1 Å². The molecule has 22 heavy (non-hydrogen) atoms. The minimum Gasteiger partial charge on any atom is -0.492 e. The van der Waals surface area contributed by atoms with E-state index in [9.17, 15) is 18.3 Å². The summed E-state index contributed by atoms with van der Waals surface area (Å²) in [6, 6.07) is 5.81. The lowest BCUT2D eigenvalue weighted by Gasteiger charge is -2.32. The molecule has 0 aliphatic carbocycles. The molecule has 2 rings (SSSR count). The number of ether oxygens (including phenoxy) is 1. The molecule has 1 aromatic carbocycles. The molecule has 1 atom stereocenters. The number of nitrogens with zero attached hydrogens (tertiary/aromatic N) is 1. The number of rotatable bonds is 6. The fourth-order valence-electron chi connectivity index (χ4n) is 2.60. The van der Waals surface area contributed by atoms with Crippen LogP contribution in [-0.4, -0.2) is 56.4 Å². The largest absolute Gasteiger partial charge is 0.492 e. The van der Waals surface area contributed by atoms with E-state index in [-0.39, 0.29) is 4.90 Å². The molecule has 0 radical (unpaired) electrons. The molecular weight excluding hydrogens is 306 g/mol. The van der Waals surface area contributed by atoms with E-state index in [1.165, 1.54) is 12.1 Å². The van der Waals surface area contributed by atoms with Crippen LogP contribution < -0.4 is 4.74 Å². The maximum Gasteiger partial charge on any atom is 0.320 e. The lowest BCUT2D eigenvalue weighted by Crippen LogP contribution is -2.46. The number of hydrogen-bond acceptors (Lipinski definition) is 5. The molecule has 0 saturated carbocycles. The van der Waals surface area contributed by atoms with Crippen LogP contribution in [0.25, 0.3) is 0 Å². The lowest BCUT2D eigenvalue weighted by atomic mass is 10.0. The first kappa shape index (κ1) is 16.8. The summed E-state index contributed by atoms with van der Waals surface area (Å²) >= 11 is 0. The Kier molecular flexibility index (Phi) is 5.42. The summed E-state index contributed by atoms with van der Waals surface area (Å²) in [7, 11) is -3.20. The third kappa shape index (κ3) is 4.45. The Labute approximate surface area is 130 Å². The summed E-state index contributed by atoms with van der Waals surface area (Å²) in [5.74, 6) is -0.200. The number of carboxylic acid groups (broad SMARTS) is 1. The molecule has 1 aromatic rings. The van der Waals surface area contributed by atoms with Gasteiger partial charge in [0.25, 0.3) is 0 Å². The molecule has 0 amide bonds. The van der Waals surface area contributed by atoms with Crippen LogP contribution in [0.2, 0.25) is 0 Å². The third-order valence-electron chi connectivity index (χ3n) is 3.80. The number of piperidine rings is 1. The van der Waals surface area contributed by atoms with Gasteiger partial charge in [0.1, 0.15) is 18.4 Å². The molecule has 6 nitrogen and oxygen atoms in total. The highest BCUT2D eigenvalue weighted by molar-refractivity contribution is 7.90. The predicted octanol–water partition coefficient (Wildman–Crippen LogP) is 1.41. The van der Waals surface area contributed by atoms with Gasteiger partial charge in [0, 0.05) is 12.8 Å². The highest BCUT2D eigenvalue weighted by atomic mass is 32.2. The number of benzene rings is 1. The summed E-state index contributed by atoms with van der Waals surface area (Å²) < 4.78 is 28.3. The van der Waals surface area contributed by atoms with Crippen molar-refractivity contribution in [2.45, 2.75) is 30.2 Å². The first-order valence-corrected chi connectivity index (χ1v) is 9.17. The van der Waals surface area contributed by atoms with Gasteiger partial charge in [-0.25, -0.2) is 8.42 Å². The average Bonchev–Trinajstić information content (AvgIpc) is 2.47. The Bertz CT molecular complexity index is 611. The molecule has 1 fully saturated rings. The molecule has 0 spiro atoms. The summed E-state index contributed by atoms with van der Waals surface area (Å²) in [4.78, 5) is 13.4. The van der Waals surface area contributed by atoms with Gasteiger partial charge in [-0.15, -0.1) is 0 Å². The zero-order valence-corrected chi connectivity index (χ0v) is 13.4. The second-order valence-electron chi connectivity index (χ2n) is 5.48. The molecule has 1 heterocycles. The highest BCUT2D eigenvalue weighted by Crippen LogP contribution is 2.18. The first-order valence-electron chi connectivity index (χ1n) is 7.28. The molecule has 1 unspecified atom stereocenters. The number of likely N-dealkylation sites (tertiary alicyclic amines) is 1. The Morgan fingerprint density at radius 1 is 1.32 bits per heavy atom. The monoisotopic (exact) mass is 327 g/mol. The van der Waals surface area contributed by atoms with Gasteiger partial charge in [0.2, 0.25) is 0 Å². The van der Waals surface area contributed by atoms with Crippen LogP contribution in [-0.2, 0) is 14.6 Å². The summed E-state index contributed by atoms with van der Waals surface area (Å²) in [5.41, 5.74) is 0. The molecule has 7 heteroatoms. The zero-order chi connectivity index (χ0) is 16.2. The SMILES string of the molecule is CS(=O)(=O)c1ccc(OCCN2CCCCC2C(=O)O)cc1. The van der Waals surface area contributed by atoms with E-state index in [1.54, 1.807) is 12.1 Å². The van der Waals surface area contributed by atoms with Crippen molar-refractivity contribution in [3.8, 4) is 5.75 Å². The van der Waals surface area contributed by atoms with Crippen LogP contribution in [0.5, 0.6) is 5.75 Å². The molecule has 0 bridgehead atoms. The van der Waals surface area contributed by atoms with Crippen LogP contribution in [0.15, 0.2) is 29.2 Å². The molecule has 1 N–H and O–H groups in total. The van der Waals surface area contributed by atoms with E-state index >= 15 is 0 Å². The van der Waals surface area contributed by atoms with E-state index < -0.39 is 21.8 Å². The van der Waals surface area contributed by atoms with Crippen molar-refractivity contribution in [1.82, 2.24) is 4.90 Å². The van der Waals surface area contributed by atoms with Crippen LogP contribution >= 0.6 is 0 Å². The van der Waals surface area contributed by atoms with Crippen LogP contribution in [0.3, 0.4) is 0 Å². The van der Waals surface area contributed by atoms with E-state index in [2.05, 4.69) is 0 Å². The predicted molar refractivity (Wildman–Crippen MR) is 81.9 cm³/mol. The molecular formula is C15H21NO5S. The topological polar surface area (TPSA) is 83.9 Å². The van der Waals surface area contributed by atoms with Gasteiger partial charge >= 0.3 is 5.97 Å². The van der Waals surface area contributed by atoms with E-state index in [4.69, 9.17) is 4.74 Å². The Hall–Kier alpha value is -1.60. The molecule has 1 saturated heterocycles. The standard InChI is InChI=1S/C15H21NO5S/c1-22(19,20)13-7-5-12(6-8-13)21-11-10-16-9-3-2-4-14(16)15(17)18/h5-8,14H,2-4,9-11H2,1H3,(H,17,18). The summed E-state index contributed by atoms with van der Waals surface area (Å²) in [6.07, 6.45) is 3.79. The van der Waals surface area contributed by atoms with E-state index in [0.717, 1.165) is 25.6 Å². The fourth-order valence-corrected chi connectivity index (χ4v) is 3.23. The van der Waals surface area contributed by atoms with Crippen molar-refractivity contribution in [3.63, 3.8) is 0 Å². The van der Waals surface area contributed by atoms with Crippen LogP contribution in [0.1, 0.15) is 19.3 Å². The average molecular weight is 327 g/mol. The van der Waals surface area contributed by atoms with E-state index in [0.29, 0.717) is 25.3 Å². The molecule has 1 aliphatic heterocycles.